The monoisotopic (exact) mass is 238 g/mol. The number of piperidine rings is 1. The maximum atomic E-state index is 12.3. The van der Waals surface area contributed by atoms with Gasteiger partial charge in [-0.3, -0.25) is 0 Å². The summed E-state index contributed by atoms with van der Waals surface area (Å²) in [5.74, 6) is -0.256. The van der Waals surface area contributed by atoms with E-state index in [1.54, 1.807) is 0 Å². The van der Waals surface area contributed by atoms with Gasteiger partial charge in [0, 0.05) is 25.6 Å². The quantitative estimate of drug-likeness (QED) is 0.808. The van der Waals surface area contributed by atoms with Gasteiger partial charge in [-0.15, -0.1) is 0 Å². The van der Waals surface area contributed by atoms with Crippen LogP contribution in [-0.4, -0.2) is 43.8 Å². The molecule has 1 rings (SSSR count). The highest BCUT2D eigenvalue weighted by atomic mass is 19.4. The van der Waals surface area contributed by atoms with Crippen molar-refractivity contribution >= 4 is 0 Å². The fourth-order valence-corrected chi connectivity index (χ4v) is 2.41. The van der Waals surface area contributed by atoms with Crippen LogP contribution in [0.25, 0.3) is 0 Å². The molecule has 1 saturated heterocycles. The molecule has 0 aromatic rings. The first-order chi connectivity index (χ1) is 7.40. The Morgan fingerprint density at radius 2 is 2.00 bits per heavy atom. The van der Waals surface area contributed by atoms with Gasteiger partial charge < -0.3 is 10.2 Å². The van der Waals surface area contributed by atoms with E-state index in [2.05, 4.69) is 12.2 Å². The second-order valence-corrected chi connectivity index (χ2v) is 4.79. The molecule has 1 aliphatic rings. The lowest BCUT2D eigenvalue weighted by molar-refractivity contribution is -0.148. The van der Waals surface area contributed by atoms with Crippen molar-refractivity contribution in [3.05, 3.63) is 0 Å². The molecular formula is C11H21F3N2. The van der Waals surface area contributed by atoms with E-state index < -0.39 is 12.6 Å². The summed E-state index contributed by atoms with van der Waals surface area (Å²) in [5, 5.41) is 3.31. The summed E-state index contributed by atoms with van der Waals surface area (Å²) in [6.45, 7) is 4.36. The zero-order valence-corrected chi connectivity index (χ0v) is 9.98. The van der Waals surface area contributed by atoms with Gasteiger partial charge in [-0.2, -0.15) is 13.2 Å². The molecule has 0 amide bonds. The molecule has 1 aliphatic heterocycles. The minimum Gasteiger partial charge on any atom is -0.313 e. The second kappa shape index (κ2) is 5.87. The molecule has 1 heterocycles. The molecular weight excluding hydrogens is 217 g/mol. The molecule has 0 spiro atoms. The third-order valence-electron chi connectivity index (χ3n) is 2.92. The predicted octanol–water partition coefficient (Wildman–Crippen LogP) is 2.26. The van der Waals surface area contributed by atoms with Crippen LogP contribution in [-0.2, 0) is 0 Å². The summed E-state index contributed by atoms with van der Waals surface area (Å²) in [6, 6.07) is 0.214. The minimum absolute atomic E-state index is 0.214. The topological polar surface area (TPSA) is 15.3 Å². The first-order valence-corrected chi connectivity index (χ1v) is 5.89. The van der Waals surface area contributed by atoms with Crippen molar-refractivity contribution in [1.29, 1.82) is 0 Å². The van der Waals surface area contributed by atoms with Gasteiger partial charge in [-0.1, -0.05) is 6.92 Å². The van der Waals surface area contributed by atoms with Gasteiger partial charge in [-0.05, 0) is 32.4 Å². The molecule has 0 radical (unpaired) electrons. The Kier molecular flexibility index (Phi) is 5.05. The zero-order chi connectivity index (χ0) is 12.2. The van der Waals surface area contributed by atoms with Crippen molar-refractivity contribution in [2.75, 3.05) is 26.7 Å². The number of rotatable bonds is 4. The maximum Gasteiger partial charge on any atom is 0.389 e. The maximum absolute atomic E-state index is 12.3. The van der Waals surface area contributed by atoms with E-state index >= 15 is 0 Å². The molecule has 0 bridgehead atoms. The molecule has 1 N–H and O–H groups in total. The van der Waals surface area contributed by atoms with Crippen molar-refractivity contribution in [1.82, 2.24) is 10.2 Å². The number of hydrogen-bond acceptors (Lipinski definition) is 2. The standard InChI is InChI=1S/C11H21F3N2/c1-3-4-15-10-5-9(6-11(12,13)14)7-16(2)8-10/h9-10,15H,3-8H2,1-2H3. The summed E-state index contributed by atoms with van der Waals surface area (Å²) >= 11 is 0. The van der Waals surface area contributed by atoms with Crippen LogP contribution in [0, 0.1) is 5.92 Å². The van der Waals surface area contributed by atoms with E-state index in [0.717, 1.165) is 19.5 Å². The third-order valence-corrected chi connectivity index (χ3v) is 2.92. The van der Waals surface area contributed by atoms with Crippen molar-refractivity contribution in [2.24, 2.45) is 5.92 Å². The lowest BCUT2D eigenvalue weighted by Crippen LogP contribution is -2.48. The molecule has 1 fully saturated rings. The Morgan fingerprint density at radius 3 is 2.56 bits per heavy atom. The van der Waals surface area contributed by atoms with Gasteiger partial charge in [0.05, 0.1) is 0 Å². The smallest absolute Gasteiger partial charge is 0.313 e. The number of nitrogens with one attached hydrogen (secondary N) is 1. The summed E-state index contributed by atoms with van der Waals surface area (Å²) in [6.07, 6.45) is -3.02. The first-order valence-electron chi connectivity index (χ1n) is 5.89. The van der Waals surface area contributed by atoms with Gasteiger partial charge in [0.25, 0.3) is 0 Å². The van der Waals surface area contributed by atoms with E-state index in [0.29, 0.717) is 13.0 Å². The van der Waals surface area contributed by atoms with Crippen LogP contribution in [0.15, 0.2) is 0 Å². The molecule has 0 aromatic carbocycles. The average molecular weight is 238 g/mol. The molecule has 0 saturated carbocycles. The average Bonchev–Trinajstić information content (AvgIpc) is 2.10. The van der Waals surface area contributed by atoms with E-state index in [9.17, 15) is 13.2 Å². The van der Waals surface area contributed by atoms with Crippen LogP contribution in [0.4, 0.5) is 13.2 Å². The minimum atomic E-state index is -4.03. The normalized spacial score (nSPS) is 28.3. The van der Waals surface area contributed by atoms with Crippen molar-refractivity contribution in [3.63, 3.8) is 0 Å². The SMILES string of the molecule is CCCNC1CC(CC(F)(F)F)CN(C)C1. The van der Waals surface area contributed by atoms with Crippen LogP contribution in [0.3, 0.4) is 0 Å². The molecule has 96 valence electrons. The highest BCUT2D eigenvalue weighted by Gasteiger charge is 2.35. The fraction of sp³-hybridized carbons (Fsp3) is 1.00. The Bertz CT molecular complexity index is 206. The molecule has 0 aliphatic carbocycles. The Labute approximate surface area is 95.2 Å². The van der Waals surface area contributed by atoms with Crippen molar-refractivity contribution in [2.45, 2.75) is 38.4 Å². The Morgan fingerprint density at radius 1 is 1.31 bits per heavy atom. The number of halogens is 3. The number of likely N-dealkylation sites (tertiary alicyclic amines) is 1. The summed E-state index contributed by atoms with van der Waals surface area (Å²) in [4.78, 5) is 1.99. The van der Waals surface area contributed by atoms with Gasteiger partial charge in [0.1, 0.15) is 0 Å². The van der Waals surface area contributed by atoms with Crippen LogP contribution < -0.4 is 5.32 Å². The Hall–Kier alpha value is -0.290. The van der Waals surface area contributed by atoms with Crippen LogP contribution in [0.2, 0.25) is 0 Å². The summed E-state index contributed by atoms with van der Waals surface area (Å²) < 4.78 is 36.9. The van der Waals surface area contributed by atoms with Crippen LogP contribution in [0.5, 0.6) is 0 Å². The fourth-order valence-electron chi connectivity index (χ4n) is 2.41. The molecule has 5 heteroatoms. The lowest BCUT2D eigenvalue weighted by atomic mass is 9.91. The van der Waals surface area contributed by atoms with Crippen LogP contribution >= 0.6 is 0 Å². The van der Waals surface area contributed by atoms with Crippen molar-refractivity contribution in [3.8, 4) is 0 Å². The van der Waals surface area contributed by atoms with Gasteiger partial charge in [0.15, 0.2) is 0 Å². The number of alkyl halides is 3. The largest absolute Gasteiger partial charge is 0.389 e. The van der Waals surface area contributed by atoms with E-state index in [4.69, 9.17) is 0 Å². The van der Waals surface area contributed by atoms with Crippen LogP contribution in [0.1, 0.15) is 26.2 Å². The zero-order valence-electron chi connectivity index (χ0n) is 9.98. The number of hydrogen-bond donors (Lipinski definition) is 1. The highest BCUT2D eigenvalue weighted by molar-refractivity contribution is 4.83. The van der Waals surface area contributed by atoms with Gasteiger partial charge in [-0.25, -0.2) is 0 Å². The highest BCUT2D eigenvalue weighted by Crippen LogP contribution is 2.29. The van der Waals surface area contributed by atoms with Gasteiger partial charge in [0.2, 0.25) is 0 Å². The summed E-state index contributed by atoms with van der Waals surface area (Å²) in [5.41, 5.74) is 0. The molecule has 0 aromatic heterocycles. The predicted molar refractivity (Wildman–Crippen MR) is 58.4 cm³/mol. The van der Waals surface area contributed by atoms with E-state index in [1.807, 2.05) is 11.9 Å². The number of nitrogens with zero attached hydrogens (tertiary/aromatic N) is 1. The molecule has 2 unspecified atom stereocenters. The van der Waals surface area contributed by atoms with Gasteiger partial charge >= 0.3 is 6.18 Å². The lowest BCUT2D eigenvalue weighted by Gasteiger charge is -2.36. The van der Waals surface area contributed by atoms with E-state index in [-0.39, 0.29) is 12.0 Å². The first kappa shape index (κ1) is 13.8. The molecule has 16 heavy (non-hydrogen) atoms. The molecule has 2 nitrogen and oxygen atoms in total. The number of likely N-dealkylation sites (N-methyl/N-ethyl adjacent to an activating group) is 1. The third kappa shape index (κ3) is 5.16. The van der Waals surface area contributed by atoms with E-state index in [1.165, 1.54) is 0 Å². The van der Waals surface area contributed by atoms with Crippen molar-refractivity contribution < 1.29 is 13.2 Å². The molecule has 2 atom stereocenters. The Balaban J connectivity index is 2.41. The second-order valence-electron chi connectivity index (χ2n) is 4.79. The summed E-state index contributed by atoms with van der Waals surface area (Å²) in [7, 11) is 1.89.